The summed E-state index contributed by atoms with van der Waals surface area (Å²) in [5, 5.41) is 11.6. The maximum absolute atomic E-state index is 14.5. The lowest BCUT2D eigenvalue weighted by Gasteiger charge is -2.23. The average Bonchev–Trinajstić information content (AvgIpc) is 3.29. The first-order chi connectivity index (χ1) is 16.5. The lowest BCUT2D eigenvalue weighted by Crippen LogP contribution is -2.36. The van der Waals surface area contributed by atoms with Gasteiger partial charge in [-0.2, -0.15) is 4.52 Å². The molecular weight excluding hydrogens is 442 g/mol. The van der Waals surface area contributed by atoms with Crippen LogP contribution in [0.1, 0.15) is 29.3 Å². The van der Waals surface area contributed by atoms with Crippen molar-refractivity contribution in [1.29, 1.82) is 0 Å². The lowest BCUT2D eigenvalue weighted by atomic mass is 9.98. The molecule has 1 saturated heterocycles. The van der Waals surface area contributed by atoms with Crippen LogP contribution in [0.4, 0.5) is 14.7 Å². The molecule has 0 amide bonds. The molecule has 2 unspecified atom stereocenters. The van der Waals surface area contributed by atoms with Gasteiger partial charge in [0.25, 0.3) is 0 Å². The summed E-state index contributed by atoms with van der Waals surface area (Å²) in [6.07, 6.45) is -0.622. The Kier molecular flexibility index (Phi) is 5.91. The van der Waals surface area contributed by atoms with E-state index in [-0.39, 0.29) is 11.7 Å². The van der Waals surface area contributed by atoms with Gasteiger partial charge in [0.15, 0.2) is 23.0 Å². The van der Waals surface area contributed by atoms with Crippen molar-refractivity contribution in [1.82, 2.24) is 24.9 Å². The molecule has 34 heavy (non-hydrogen) atoms. The van der Waals surface area contributed by atoms with Crippen LogP contribution in [0.2, 0.25) is 0 Å². The van der Waals surface area contributed by atoms with Gasteiger partial charge < -0.3 is 20.1 Å². The number of aromatic nitrogens is 4. The van der Waals surface area contributed by atoms with E-state index in [0.717, 1.165) is 16.9 Å². The number of rotatable bonds is 6. The van der Waals surface area contributed by atoms with Gasteiger partial charge in [0.2, 0.25) is 5.95 Å². The predicted octanol–water partition coefficient (Wildman–Crippen LogP) is 3.77. The van der Waals surface area contributed by atoms with Gasteiger partial charge >= 0.3 is 0 Å². The number of nitrogens with zero attached hydrogens (tertiary/aromatic N) is 4. The van der Waals surface area contributed by atoms with E-state index in [1.807, 2.05) is 25.1 Å². The van der Waals surface area contributed by atoms with Crippen LogP contribution in [0.3, 0.4) is 0 Å². The van der Waals surface area contributed by atoms with E-state index in [9.17, 15) is 8.78 Å². The third-order valence-electron chi connectivity index (χ3n) is 6.21. The smallest absolute Gasteiger partial charge is 0.226 e. The van der Waals surface area contributed by atoms with Crippen LogP contribution in [-0.4, -0.2) is 53.1 Å². The van der Waals surface area contributed by atoms with E-state index in [2.05, 4.69) is 15.7 Å². The molecule has 2 atom stereocenters. The number of anilines is 1. The molecule has 3 heterocycles. The summed E-state index contributed by atoms with van der Waals surface area (Å²) >= 11 is 0. The van der Waals surface area contributed by atoms with Gasteiger partial charge in [-0.3, -0.25) is 0 Å². The second kappa shape index (κ2) is 9.02. The fourth-order valence-electron chi connectivity index (χ4n) is 4.32. The number of nitrogens with one attached hydrogen (secondary N) is 2. The second-order valence-corrected chi connectivity index (χ2v) is 8.48. The van der Waals surface area contributed by atoms with E-state index < -0.39 is 12.0 Å². The molecule has 10 heteroatoms. The van der Waals surface area contributed by atoms with Crippen LogP contribution in [0, 0.1) is 12.7 Å². The van der Waals surface area contributed by atoms with Gasteiger partial charge in [0.05, 0.1) is 19.7 Å². The van der Waals surface area contributed by atoms with E-state index in [4.69, 9.17) is 19.4 Å². The summed E-state index contributed by atoms with van der Waals surface area (Å²) in [5.74, 6) is 1.14. The van der Waals surface area contributed by atoms with E-state index in [1.165, 1.54) is 13.2 Å². The van der Waals surface area contributed by atoms with Crippen LogP contribution in [-0.2, 0) is 6.54 Å². The Bertz CT molecular complexity index is 1360. The van der Waals surface area contributed by atoms with Crippen LogP contribution >= 0.6 is 0 Å². The molecule has 178 valence electrons. The molecule has 0 radical (unpaired) electrons. The van der Waals surface area contributed by atoms with Crippen molar-refractivity contribution >= 4 is 22.5 Å². The zero-order valence-corrected chi connectivity index (χ0v) is 19.2. The minimum absolute atomic E-state index is 0.0952. The first kappa shape index (κ1) is 22.3. The van der Waals surface area contributed by atoms with Crippen molar-refractivity contribution in [2.45, 2.75) is 32.0 Å². The van der Waals surface area contributed by atoms with Crippen LogP contribution in [0.5, 0.6) is 11.5 Å². The maximum Gasteiger partial charge on any atom is 0.226 e. The Labute approximate surface area is 195 Å². The van der Waals surface area contributed by atoms with Crippen LogP contribution in [0.15, 0.2) is 30.3 Å². The summed E-state index contributed by atoms with van der Waals surface area (Å²) in [5.41, 5.74) is 3.10. The van der Waals surface area contributed by atoms with Crippen molar-refractivity contribution in [3.05, 3.63) is 53.1 Å². The minimum atomic E-state index is -0.961. The van der Waals surface area contributed by atoms with Crippen molar-refractivity contribution in [2.75, 3.05) is 32.6 Å². The van der Waals surface area contributed by atoms with Crippen LogP contribution in [0.25, 0.3) is 16.6 Å². The highest BCUT2D eigenvalue weighted by molar-refractivity contribution is 5.93. The standard InChI is InChI=1S/C24H26F2N6O2/c1-13-6-17(33-2)5-4-14(13)11-28-24-29-20-9-21(34-3)19(26)8-18(20)23-30-22(31-32(23)24)15-7-16(25)12-27-10-15/h4-6,8-9,15-16,27H,7,10-12H2,1-3H3,(H,28,29). The Morgan fingerprint density at radius 3 is 2.74 bits per heavy atom. The molecule has 0 spiro atoms. The first-order valence-corrected chi connectivity index (χ1v) is 11.1. The largest absolute Gasteiger partial charge is 0.497 e. The number of hydrogen-bond acceptors (Lipinski definition) is 7. The molecule has 2 N–H and O–H groups in total. The summed E-state index contributed by atoms with van der Waals surface area (Å²) in [4.78, 5) is 9.39. The number of halogens is 2. The molecule has 1 aliphatic heterocycles. The van der Waals surface area contributed by atoms with Gasteiger partial charge in [0, 0.05) is 37.0 Å². The number of alkyl halides is 1. The molecule has 4 aromatic rings. The maximum atomic E-state index is 14.5. The van der Waals surface area contributed by atoms with Gasteiger partial charge in [-0.05, 0) is 42.7 Å². The molecule has 0 saturated carbocycles. The first-order valence-electron chi connectivity index (χ1n) is 11.1. The molecule has 8 nitrogen and oxygen atoms in total. The Morgan fingerprint density at radius 2 is 2.00 bits per heavy atom. The minimum Gasteiger partial charge on any atom is -0.497 e. The number of ether oxygens (including phenoxy) is 2. The number of methoxy groups -OCH3 is 2. The zero-order valence-electron chi connectivity index (χ0n) is 19.2. The molecule has 0 aliphatic carbocycles. The SMILES string of the molecule is COc1ccc(CNc2nc3cc(OC)c(F)cc3c3nc(C4CNCC(F)C4)nn23)c(C)c1. The summed E-state index contributed by atoms with van der Waals surface area (Å²) in [6.45, 7) is 3.40. The van der Waals surface area contributed by atoms with Crippen molar-refractivity contribution in [3.63, 3.8) is 0 Å². The van der Waals surface area contributed by atoms with Gasteiger partial charge in [-0.25, -0.2) is 18.7 Å². The summed E-state index contributed by atoms with van der Waals surface area (Å²) in [7, 11) is 3.04. The predicted molar refractivity (Wildman–Crippen MR) is 125 cm³/mol. The highest BCUT2D eigenvalue weighted by Gasteiger charge is 2.27. The van der Waals surface area contributed by atoms with Crippen molar-refractivity contribution in [3.8, 4) is 11.5 Å². The quantitative estimate of drug-likeness (QED) is 0.446. The molecule has 2 aromatic carbocycles. The third kappa shape index (κ3) is 4.09. The highest BCUT2D eigenvalue weighted by atomic mass is 19.1. The summed E-state index contributed by atoms with van der Waals surface area (Å²) in [6, 6.07) is 8.74. The monoisotopic (exact) mass is 468 g/mol. The summed E-state index contributed by atoms with van der Waals surface area (Å²) < 4.78 is 40.6. The third-order valence-corrected chi connectivity index (χ3v) is 6.21. The van der Waals surface area contributed by atoms with Gasteiger partial charge in [-0.1, -0.05) is 6.07 Å². The number of hydrogen-bond donors (Lipinski definition) is 2. The average molecular weight is 469 g/mol. The molecule has 1 fully saturated rings. The molecule has 5 rings (SSSR count). The van der Waals surface area contributed by atoms with Crippen molar-refractivity contribution < 1.29 is 18.3 Å². The molecule has 1 aliphatic rings. The number of piperidine rings is 1. The highest BCUT2D eigenvalue weighted by Crippen LogP contribution is 2.30. The number of fused-ring (bicyclic) bond motifs is 3. The van der Waals surface area contributed by atoms with Gasteiger partial charge in [-0.15, -0.1) is 5.10 Å². The topological polar surface area (TPSA) is 85.6 Å². The second-order valence-electron chi connectivity index (χ2n) is 8.48. The lowest BCUT2D eigenvalue weighted by molar-refractivity contribution is 0.243. The fraction of sp³-hybridized carbons (Fsp3) is 0.375. The van der Waals surface area contributed by atoms with E-state index in [0.29, 0.717) is 54.4 Å². The Morgan fingerprint density at radius 1 is 1.15 bits per heavy atom. The van der Waals surface area contributed by atoms with Gasteiger partial charge in [0.1, 0.15) is 11.9 Å². The van der Waals surface area contributed by atoms with E-state index in [1.54, 1.807) is 17.7 Å². The molecule has 2 aromatic heterocycles. The Hall–Kier alpha value is -3.53. The number of benzene rings is 2. The molecule has 0 bridgehead atoms. The molecular formula is C24H26F2N6O2. The Balaban J connectivity index is 1.59. The zero-order chi connectivity index (χ0) is 23.8. The fourth-order valence-corrected chi connectivity index (χ4v) is 4.32. The van der Waals surface area contributed by atoms with E-state index >= 15 is 0 Å². The van der Waals surface area contributed by atoms with Crippen molar-refractivity contribution in [2.24, 2.45) is 0 Å². The number of aryl methyl sites for hydroxylation is 1. The van der Waals surface area contributed by atoms with Crippen LogP contribution < -0.4 is 20.1 Å². The normalized spacial score (nSPS) is 18.4.